The van der Waals surface area contributed by atoms with E-state index in [1.807, 2.05) is 27.7 Å². The van der Waals surface area contributed by atoms with E-state index in [1.54, 1.807) is 0 Å². The highest BCUT2D eigenvalue weighted by Gasteiger charge is 2.26. The molecule has 0 spiro atoms. The topological polar surface area (TPSA) is 58.6 Å². The molecule has 0 aromatic rings. The standard InChI is InChI=1S/2C16H34O3.C6H14.C5H13N/c1-13(2)8-9-19-15(16(5,6)7)12-17-10-11-18-14(3)4;1-13(2)8-9-17-12-15(16(5,6)7)19-11-10-18-14(3)4;2*1-4-6(3)5-2/h2*13-15H,8-12H2,1-7H3;6H,4-5H2,1-3H3;4-5H2,1-3H3. The van der Waals surface area contributed by atoms with Crippen LogP contribution in [-0.2, 0) is 28.4 Å². The van der Waals surface area contributed by atoms with Crippen LogP contribution in [0.3, 0.4) is 0 Å². The fourth-order valence-corrected chi connectivity index (χ4v) is 3.57. The highest BCUT2D eigenvalue weighted by atomic mass is 16.6. The van der Waals surface area contributed by atoms with Crippen LogP contribution in [0.25, 0.3) is 0 Å². The molecule has 2 atom stereocenters. The lowest BCUT2D eigenvalue weighted by atomic mass is 9.89. The van der Waals surface area contributed by atoms with Crippen LogP contribution in [-0.4, -0.2) is 102 Å². The summed E-state index contributed by atoms with van der Waals surface area (Å²) in [5.41, 5.74) is 0.200. The van der Waals surface area contributed by atoms with Crippen molar-refractivity contribution in [2.24, 2.45) is 28.6 Å². The predicted octanol–water partition coefficient (Wildman–Crippen LogP) is 11.2. The van der Waals surface area contributed by atoms with Gasteiger partial charge in [-0.2, -0.15) is 0 Å². The fraction of sp³-hybridized carbons (Fsp3) is 1.00. The van der Waals surface area contributed by atoms with Gasteiger partial charge in [0.25, 0.3) is 0 Å². The molecule has 0 aromatic carbocycles. The molecule has 7 heteroatoms. The zero-order valence-electron chi connectivity index (χ0n) is 37.8. The largest absolute Gasteiger partial charge is 0.379 e. The van der Waals surface area contributed by atoms with Gasteiger partial charge in [-0.25, -0.2) is 0 Å². The first-order valence-corrected chi connectivity index (χ1v) is 20.4. The van der Waals surface area contributed by atoms with Crippen LogP contribution in [0.1, 0.15) is 157 Å². The van der Waals surface area contributed by atoms with Gasteiger partial charge in [0.15, 0.2) is 0 Å². The lowest BCUT2D eigenvalue weighted by Crippen LogP contribution is -2.35. The minimum absolute atomic E-state index is 0.0929. The maximum atomic E-state index is 5.98. The van der Waals surface area contributed by atoms with Crippen LogP contribution < -0.4 is 0 Å². The first kappa shape index (κ1) is 56.5. The lowest BCUT2D eigenvalue weighted by Gasteiger charge is -2.30. The second-order valence-electron chi connectivity index (χ2n) is 17.2. The third-order valence-electron chi connectivity index (χ3n) is 8.33. The van der Waals surface area contributed by atoms with Crippen molar-refractivity contribution in [1.29, 1.82) is 0 Å². The Hall–Kier alpha value is -0.280. The van der Waals surface area contributed by atoms with Crippen molar-refractivity contribution in [3.63, 3.8) is 0 Å². The van der Waals surface area contributed by atoms with E-state index in [2.05, 4.69) is 116 Å². The lowest BCUT2D eigenvalue weighted by molar-refractivity contribution is -0.0882. The van der Waals surface area contributed by atoms with Gasteiger partial charge in [-0.15, -0.1) is 0 Å². The van der Waals surface area contributed by atoms with Crippen molar-refractivity contribution in [2.75, 3.05) is 73.0 Å². The first-order chi connectivity index (χ1) is 23.1. The third-order valence-corrected chi connectivity index (χ3v) is 8.33. The highest BCUT2D eigenvalue weighted by molar-refractivity contribution is 4.75. The highest BCUT2D eigenvalue weighted by Crippen LogP contribution is 2.24. The Morgan fingerprint density at radius 2 is 0.800 bits per heavy atom. The van der Waals surface area contributed by atoms with Gasteiger partial charge in [0.2, 0.25) is 0 Å². The van der Waals surface area contributed by atoms with E-state index in [0.29, 0.717) is 51.5 Å². The number of ether oxygens (including phenoxy) is 6. The van der Waals surface area contributed by atoms with Crippen molar-refractivity contribution < 1.29 is 28.4 Å². The van der Waals surface area contributed by atoms with E-state index >= 15 is 0 Å². The molecule has 0 radical (unpaired) electrons. The van der Waals surface area contributed by atoms with Crippen molar-refractivity contribution in [2.45, 2.75) is 182 Å². The number of hydrogen-bond donors (Lipinski definition) is 0. The molecule has 0 amide bonds. The third kappa shape index (κ3) is 45.7. The molecule has 7 nitrogen and oxygen atoms in total. The van der Waals surface area contributed by atoms with Crippen LogP contribution in [0.5, 0.6) is 0 Å². The fourth-order valence-electron chi connectivity index (χ4n) is 3.57. The molecule has 50 heavy (non-hydrogen) atoms. The molecular formula is C43H95NO6. The number of nitrogens with zero attached hydrogens (tertiary/aromatic N) is 1. The summed E-state index contributed by atoms with van der Waals surface area (Å²) in [6, 6.07) is 0. The summed E-state index contributed by atoms with van der Waals surface area (Å²) in [5, 5.41) is 0. The SMILES string of the molecule is CC(C)CCOC(COCCOC(C)C)C(C)(C)C.CC(C)CCOCC(OCCOC(C)C)C(C)(C)C.CCC(C)CC.CCN(C)CC. The van der Waals surface area contributed by atoms with Crippen LogP contribution in [0.15, 0.2) is 0 Å². The number of hydrogen-bond acceptors (Lipinski definition) is 7. The normalized spacial score (nSPS) is 13.3. The first-order valence-electron chi connectivity index (χ1n) is 20.4. The molecule has 0 heterocycles. The Kier molecular flexibility index (Phi) is 40.4. The molecule has 2 unspecified atom stereocenters. The van der Waals surface area contributed by atoms with E-state index in [9.17, 15) is 0 Å². The summed E-state index contributed by atoms with van der Waals surface area (Å²) >= 11 is 0. The molecule has 0 aliphatic rings. The average molecular weight is 722 g/mol. The molecule has 0 fully saturated rings. The summed E-state index contributed by atoms with van der Waals surface area (Å²) < 4.78 is 34.3. The van der Waals surface area contributed by atoms with Gasteiger partial charge in [-0.3, -0.25) is 0 Å². The maximum absolute atomic E-state index is 5.98. The molecule has 0 N–H and O–H groups in total. The van der Waals surface area contributed by atoms with Gasteiger partial charge in [-0.1, -0.05) is 117 Å². The van der Waals surface area contributed by atoms with E-state index in [-0.39, 0.29) is 35.2 Å². The van der Waals surface area contributed by atoms with Crippen LogP contribution in [0.2, 0.25) is 0 Å². The Labute approximate surface area is 316 Å². The van der Waals surface area contributed by atoms with Crippen LogP contribution >= 0.6 is 0 Å². The Morgan fingerprint density at radius 3 is 1.10 bits per heavy atom. The summed E-state index contributed by atoms with van der Waals surface area (Å²) in [7, 11) is 2.11. The molecule has 0 aliphatic carbocycles. The minimum atomic E-state index is 0.0929. The zero-order valence-corrected chi connectivity index (χ0v) is 37.8. The summed E-state index contributed by atoms with van der Waals surface area (Å²) in [6.45, 7) is 49.0. The van der Waals surface area contributed by atoms with Crippen molar-refractivity contribution in [1.82, 2.24) is 4.90 Å². The monoisotopic (exact) mass is 722 g/mol. The van der Waals surface area contributed by atoms with Crippen LogP contribution in [0, 0.1) is 28.6 Å². The molecule has 0 saturated heterocycles. The van der Waals surface area contributed by atoms with E-state index in [4.69, 9.17) is 28.4 Å². The maximum Gasteiger partial charge on any atom is 0.0857 e. The number of rotatable bonds is 24. The Balaban J connectivity index is -0.000000319. The molecular weight excluding hydrogens is 626 g/mol. The van der Waals surface area contributed by atoms with Gasteiger partial charge in [0.1, 0.15) is 0 Å². The summed E-state index contributed by atoms with van der Waals surface area (Å²) in [4.78, 5) is 2.25. The summed E-state index contributed by atoms with van der Waals surface area (Å²) in [5.74, 6) is 2.31. The zero-order chi connectivity index (χ0) is 39.8. The molecule has 0 rings (SSSR count). The van der Waals surface area contributed by atoms with Crippen LogP contribution in [0.4, 0.5) is 0 Å². The molecule has 0 bridgehead atoms. The smallest absolute Gasteiger partial charge is 0.0857 e. The Bertz CT molecular complexity index is 623. The Morgan fingerprint density at radius 1 is 0.460 bits per heavy atom. The minimum Gasteiger partial charge on any atom is -0.379 e. The average Bonchev–Trinajstić information content (AvgIpc) is 3.01. The molecule has 0 aliphatic heterocycles. The second kappa shape index (κ2) is 35.7. The van der Waals surface area contributed by atoms with Gasteiger partial charge in [0.05, 0.1) is 64.1 Å². The van der Waals surface area contributed by atoms with E-state index in [0.717, 1.165) is 45.1 Å². The second-order valence-corrected chi connectivity index (χ2v) is 17.2. The molecule has 0 saturated carbocycles. The van der Waals surface area contributed by atoms with E-state index in [1.165, 1.54) is 12.8 Å². The van der Waals surface area contributed by atoms with Crippen molar-refractivity contribution in [3.8, 4) is 0 Å². The van der Waals surface area contributed by atoms with Gasteiger partial charge in [0, 0.05) is 13.2 Å². The van der Waals surface area contributed by atoms with Gasteiger partial charge < -0.3 is 33.3 Å². The van der Waals surface area contributed by atoms with E-state index < -0.39 is 0 Å². The van der Waals surface area contributed by atoms with Crippen molar-refractivity contribution in [3.05, 3.63) is 0 Å². The van der Waals surface area contributed by atoms with Gasteiger partial charge in [-0.05, 0) is 89.3 Å². The molecule has 0 aromatic heterocycles. The predicted molar refractivity (Wildman–Crippen MR) is 220 cm³/mol. The quantitative estimate of drug-likeness (QED) is 0.0920. The van der Waals surface area contributed by atoms with Crippen molar-refractivity contribution >= 4 is 0 Å². The van der Waals surface area contributed by atoms with Gasteiger partial charge >= 0.3 is 0 Å². The molecule has 308 valence electrons. The summed E-state index contributed by atoms with van der Waals surface area (Å²) in [6.07, 6.45) is 5.66.